The summed E-state index contributed by atoms with van der Waals surface area (Å²) in [6.45, 7) is 0. The van der Waals surface area contributed by atoms with Gasteiger partial charge in [-0.15, -0.1) is 0 Å². The standard InChI is InChI=1S/C10H10BrIO2/c1-14-10(13)5-3-7-2-4-8(12)6-9(7)11/h2,4,6H,3,5H2,1H3. The maximum Gasteiger partial charge on any atom is 0.305 e. The summed E-state index contributed by atoms with van der Waals surface area (Å²) in [5, 5.41) is 0. The van der Waals surface area contributed by atoms with Crippen LogP contribution in [-0.2, 0) is 16.0 Å². The van der Waals surface area contributed by atoms with Gasteiger partial charge in [0.1, 0.15) is 0 Å². The lowest BCUT2D eigenvalue weighted by Crippen LogP contribution is -2.02. The lowest BCUT2D eigenvalue weighted by Gasteiger charge is -2.03. The van der Waals surface area contributed by atoms with Crippen LogP contribution in [0.1, 0.15) is 12.0 Å². The van der Waals surface area contributed by atoms with Crippen molar-refractivity contribution in [3.8, 4) is 0 Å². The summed E-state index contributed by atoms with van der Waals surface area (Å²) >= 11 is 5.71. The Bertz CT molecular complexity index is 339. The molecule has 1 aromatic carbocycles. The van der Waals surface area contributed by atoms with E-state index in [4.69, 9.17) is 0 Å². The molecule has 0 amide bonds. The molecule has 1 rings (SSSR count). The van der Waals surface area contributed by atoms with Crippen LogP contribution in [0.2, 0.25) is 0 Å². The Hall–Kier alpha value is -0.100. The van der Waals surface area contributed by atoms with Gasteiger partial charge in [-0.05, 0) is 46.7 Å². The van der Waals surface area contributed by atoms with Crippen LogP contribution in [0.25, 0.3) is 0 Å². The van der Waals surface area contributed by atoms with Gasteiger partial charge in [-0.2, -0.15) is 0 Å². The Morgan fingerprint density at radius 2 is 2.29 bits per heavy atom. The van der Waals surface area contributed by atoms with Crippen molar-refractivity contribution in [2.24, 2.45) is 0 Å². The van der Waals surface area contributed by atoms with E-state index >= 15 is 0 Å². The third kappa shape index (κ3) is 3.57. The number of hydrogen-bond acceptors (Lipinski definition) is 2. The summed E-state index contributed by atoms with van der Waals surface area (Å²) in [7, 11) is 1.41. The van der Waals surface area contributed by atoms with Gasteiger partial charge in [0.25, 0.3) is 0 Å². The average molecular weight is 369 g/mol. The number of esters is 1. The maximum atomic E-state index is 10.9. The van der Waals surface area contributed by atoms with Crippen LogP contribution in [-0.4, -0.2) is 13.1 Å². The predicted octanol–water partition coefficient (Wildman–Crippen LogP) is 3.16. The second kappa shape index (κ2) is 5.70. The molecule has 14 heavy (non-hydrogen) atoms. The summed E-state index contributed by atoms with van der Waals surface area (Å²) in [4.78, 5) is 10.9. The van der Waals surface area contributed by atoms with Gasteiger partial charge in [-0.25, -0.2) is 0 Å². The van der Waals surface area contributed by atoms with E-state index in [2.05, 4.69) is 43.3 Å². The third-order valence-corrected chi connectivity index (χ3v) is 3.25. The van der Waals surface area contributed by atoms with E-state index < -0.39 is 0 Å². The molecule has 0 radical (unpaired) electrons. The predicted molar refractivity (Wildman–Crippen MR) is 67.2 cm³/mol. The van der Waals surface area contributed by atoms with Crippen molar-refractivity contribution in [1.82, 2.24) is 0 Å². The van der Waals surface area contributed by atoms with E-state index in [-0.39, 0.29) is 5.97 Å². The summed E-state index contributed by atoms with van der Waals surface area (Å²) in [5.41, 5.74) is 1.14. The largest absolute Gasteiger partial charge is 0.469 e. The Labute approximate surface area is 105 Å². The Kier molecular flexibility index (Phi) is 4.88. The minimum atomic E-state index is -0.171. The Morgan fingerprint density at radius 1 is 1.57 bits per heavy atom. The third-order valence-electron chi connectivity index (χ3n) is 1.84. The van der Waals surface area contributed by atoms with E-state index in [1.807, 2.05) is 18.2 Å². The highest BCUT2D eigenvalue weighted by Crippen LogP contribution is 2.21. The molecule has 0 aliphatic heterocycles. The summed E-state index contributed by atoms with van der Waals surface area (Å²) in [5.74, 6) is -0.171. The molecule has 0 aromatic heterocycles. The van der Waals surface area contributed by atoms with Crippen LogP contribution >= 0.6 is 38.5 Å². The fourth-order valence-electron chi connectivity index (χ4n) is 1.06. The topological polar surface area (TPSA) is 26.3 Å². The van der Waals surface area contributed by atoms with Gasteiger partial charge in [0, 0.05) is 14.5 Å². The minimum absolute atomic E-state index is 0.171. The second-order valence-electron chi connectivity index (χ2n) is 2.81. The van der Waals surface area contributed by atoms with Crippen molar-refractivity contribution in [3.63, 3.8) is 0 Å². The van der Waals surface area contributed by atoms with Crippen molar-refractivity contribution < 1.29 is 9.53 Å². The normalized spacial score (nSPS) is 9.93. The molecule has 2 nitrogen and oxygen atoms in total. The van der Waals surface area contributed by atoms with Gasteiger partial charge in [0.05, 0.1) is 7.11 Å². The number of ether oxygens (including phenoxy) is 1. The van der Waals surface area contributed by atoms with E-state index in [0.29, 0.717) is 12.8 Å². The van der Waals surface area contributed by atoms with Crippen molar-refractivity contribution in [2.75, 3.05) is 7.11 Å². The van der Waals surface area contributed by atoms with Gasteiger partial charge >= 0.3 is 5.97 Å². The summed E-state index contributed by atoms with van der Waals surface area (Å²) < 4.78 is 6.81. The van der Waals surface area contributed by atoms with Crippen molar-refractivity contribution in [1.29, 1.82) is 0 Å². The molecule has 0 unspecified atom stereocenters. The molecule has 0 atom stereocenters. The highest BCUT2D eigenvalue weighted by molar-refractivity contribution is 14.1. The van der Waals surface area contributed by atoms with Gasteiger partial charge in [-0.1, -0.05) is 22.0 Å². The van der Waals surface area contributed by atoms with Crippen molar-refractivity contribution in [3.05, 3.63) is 31.8 Å². The van der Waals surface area contributed by atoms with E-state index in [0.717, 1.165) is 10.0 Å². The van der Waals surface area contributed by atoms with E-state index in [1.165, 1.54) is 10.7 Å². The lowest BCUT2D eigenvalue weighted by molar-refractivity contribution is -0.140. The van der Waals surface area contributed by atoms with Crippen LogP contribution in [0, 0.1) is 3.57 Å². The Morgan fingerprint density at radius 3 is 2.86 bits per heavy atom. The molecule has 0 aliphatic rings. The molecule has 0 spiro atoms. The zero-order valence-corrected chi connectivity index (χ0v) is 11.5. The maximum absolute atomic E-state index is 10.9. The van der Waals surface area contributed by atoms with E-state index in [9.17, 15) is 4.79 Å². The zero-order chi connectivity index (χ0) is 10.6. The number of halogens is 2. The fraction of sp³-hybridized carbons (Fsp3) is 0.300. The number of benzene rings is 1. The monoisotopic (exact) mass is 368 g/mol. The molecule has 0 aliphatic carbocycles. The zero-order valence-electron chi connectivity index (χ0n) is 7.72. The van der Waals surface area contributed by atoms with Crippen LogP contribution in [0.4, 0.5) is 0 Å². The molecular formula is C10H10BrIO2. The fourth-order valence-corrected chi connectivity index (χ4v) is 2.56. The first-order valence-electron chi connectivity index (χ1n) is 4.14. The smallest absolute Gasteiger partial charge is 0.305 e. The molecule has 1 aromatic rings. The van der Waals surface area contributed by atoms with E-state index in [1.54, 1.807) is 0 Å². The SMILES string of the molecule is COC(=O)CCc1ccc(I)cc1Br. The number of aryl methyl sites for hydroxylation is 1. The molecule has 4 heteroatoms. The van der Waals surface area contributed by atoms with Gasteiger partial charge in [0.15, 0.2) is 0 Å². The first-order chi connectivity index (χ1) is 6.63. The molecule has 76 valence electrons. The highest BCUT2D eigenvalue weighted by atomic mass is 127. The number of methoxy groups -OCH3 is 1. The summed E-state index contributed by atoms with van der Waals surface area (Å²) in [6.07, 6.45) is 1.14. The number of carbonyl (C=O) groups is 1. The lowest BCUT2D eigenvalue weighted by atomic mass is 10.1. The molecular weight excluding hydrogens is 359 g/mol. The molecule has 0 bridgehead atoms. The van der Waals surface area contributed by atoms with Gasteiger partial charge < -0.3 is 4.74 Å². The first kappa shape index (κ1) is 12.0. The van der Waals surface area contributed by atoms with Crippen LogP contribution in [0.3, 0.4) is 0 Å². The highest BCUT2D eigenvalue weighted by Gasteiger charge is 2.04. The second-order valence-corrected chi connectivity index (χ2v) is 4.91. The molecule has 0 saturated carbocycles. The summed E-state index contributed by atoms with van der Waals surface area (Å²) in [6, 6.07) is 6.08. The quantitative estimate of drug-likeness (QED) is 0.605. The van der Waals surface area contributed by atoms with Crippen molar-refractivity contribution >= 4 is 44.5 Å². The van der Waals surface area contributed by atoms with Crippen molar-refractivity contribution in [2.45, 2.75) is 12.8 Å². The number of rotatable bonds is 3. The molecule has 0 fully saturated rings. The molecule has 0 N–H and O–H groups in total. The number of carbonyl (C=O) groups excluding carboxylic acids is 1. The van der Waals surface area contributed by atoms with Gasteiger partial charge in [0.2, 0.25) is 0 Å². The Balaban J connectivity index is 2.63. The van der Waals surface area contributed by atoms with Crippen LogP contribution < -0.4 is 0 Å². The van der Waals surface area contributed by atoms with Crippen LogP contribution in [0.15, 0.2) is 22.7 Å². The molecule has 0 heterocycles. The average Bonchev–Trinajstić information content (AvgIpc) is 2.16. The molecule has 0 saturated heterocycles. The minimum Gasteiger partial charge on any atom is -0.469 e. The van der Waals surface area contributed by atoms with Crippen LogP contribution in [0.5, 0.6) is 0 Å². The number of hydrogen-bond donors (Lipinski definition) is 0. The van der Waals surface area contributed by atoms with Gasteiger partial charge in [-0.3, -0.25) is 4.79 Å². The first-order valence-corrected chi connectivity index (χ1v) is 6.01.